The number of rotatable bonds is 5. The fourth-order valence-corrected chi connectivity index (χ4v) is 3.52. The number of hydrogen-bond donors (Lipinski definition) is 0. The molecule has 0 fully saturated rings. The molecule has 0 unspecified atom stereocenters. The Morgan fingerprint density at radius 3 is 2.65 bits per heavy atom. The SMILES string of the molecule is CCOC(=O)c1c(C)oc2ncn(Cc3ccc(-c4ccccc4C#N)cc3)c(=O)c12. The van der Waals surface area contributed by atoms with Crippen molar-refractivity contribution in [2.75, 3.05) is 6.61 Å². The molecule has 0 atom stereocenters. The summed E-state index contributed by atoms with van der Waals surface area (Å²) in [6.45, 7) is 3.77. The van der Waals surface area contributed by atoms with Crippen LogP contribution in [-0.2, 0) is 11.3 Å². The van der Waals surface area contributed by atoms with Crippen LogP contribution in [0.25, 0.3) is 22.2 Å². The Labute approximate surface area is 178 Å². The van der Waals surface area contributed by atoms with Gasteiger partial charge in [0.25, 0.3) is 5.56 Å². The summed E-state index contributed by atoms with van der Waals surface area (Å²) in [4.78, 5) is 29.6. The van der Waals surface area contributed by atoms with Crippen LogP contribution in [0, 0.1) is 18.3 Å². The molecule has 0 bridgehead atoms. The number of benzene rings is 2. The molecule has 0 saturated heterocycles. The van der Waals surface area contributed by atoms with Crippen LogP contribution in [0.4, 0.5) is 0 Å². The minimum absolute atomic E-state index is 0.116. The number of ether oxygens (including phenoxy) is 1. The van der Waals surface area contributed by atoms with Gasteiger partial charge in [0.2, 0.25) is 5.71 Å². The molecule has 31 heavy (non-hydrogen) atoms. The average Bonchev–Trinajstić information content (AvgIpc) is 3.13. The number of carbonyl (C=O) groups is 1. The molecule has 2 heterocycles. The lowest BCUT2D eigenvalue weighted by atomic mass is 9.99. The molecular weight excluding hydrogens is 394 g/mol. The maximum absolute atomic E-state index is 13.1. The fraction of sp³-hybridized carbons (Fsp3) is 0.167. The van der Waals surface area contributed by atoms with Crippen LogP contribution in [0.2, 0.25) is 0 Å². The normalized spacial score (nSPS) is 10.7. The van der Waals surface area contributed by atoms with E-state index in [9.17, 15) is 14.9 Å². The molecule has 0 spiro atoms. The molecule has 0 amide bonds. The molecule has 2 aromatic carbocycles. The van der Waals surface area contributed by atoms with E-state index in [-0.39, 0.29) is 35.4 Å². The molecule has 2 aromatic heterocycles. The van der Waals surface area contributed by atoms with Crippen molar-refractivity contribution in [2.45, 2.75) is 20.4 Å². The van der Waals surface area contributed by atoms with Crippen molar-refractivity contribution in [3.63, 3.8) is 0 Å². The van der Waals surface area contributed by atoms with Gasteiger partial charge in [0.1, 0.15) is 23.0 Å². The zero-order valence-corrected chi connectivity index (χ0v) is 17.1. The fourth-order valence-electron chi connectivity index (χ4n) is 3.52. The molecule has 154 valence electrons. The average molecular weight is 413 g/mol. The lowest BCUT2D eigenvalue weighted by molar-refractivity contribution is 0.0526. The van der Waals surface area contributed by atoms with Crippen molar-refractivity contribution in [3.05, 3.63) is 87.7 Å². The Hall–Kier alpha value is -4.18. The summed E-state index contributed by atoms with van der Waals surface area (Å²) in [6.07, 6.45) is 1.40. The topological polar surface area (TPSA) is 98.1 Å². The van der Waals surface area contributed by atoms with Gasteiger partial charge in [-0.25, -0.2) is 9.78 Å². The number of nitriles is 1. The van der Waals surface area contributed by atoms with Gasteiger partial charge in [0, 0.05) is 0 Å². The van der Waals surface area contributed by atoms with Gasteiger partial charge in [-0.3, -0.25) is 9.36 Å². The smallest absolute Gasteiger partial charge is 0.342 e. The van der Waals surface area contributed by atoms with Gasteiger partial charge in [-0.05, 0) is 36.6 Å². The third-order valence-electron chi connectivity index (χ3n) is 5.00. The molecule has 4 rings (SSSR count). The lowest BCUT2D eigenvalue weighted by Gasteiger charge is -2.08. The molecular formula is C24H19N3O4. The minimum Gasteiger partial charge on any atom is -0.462 e. The third kappa shape index (κ3) is 3.71. The predicted octanol–water partition coefficient (Wildman–Crippen LogP) is 4.06. The molecule has 0 N–H and O–H groups in total. The Balaban J connectivity index is 1.68. The Kier molecular flexibility index (Phi) is 5.37. The van der Waals surface area contributed by atoms with Crippen LogP contribution in [-0.4, -0.2) is 22.1 Å². The van der Waals surface area contributed by atoms with E-state index in [2.05, 4.69) is 11.1 Å². The van der Waals surface area contributed by atoms with E-state index < -0.39 is 5.97 Å². The first-order valence-electron chi connectivity index (χ1n) is 9.77. The minimum atomic E-state index is -0.601. The van der Waals surface area contributed by atoms with Gasteiger partial charge < -0.3 is 9.15 Å². The summed E-state index contributed by atoms with van der Waals surface area (Å²) >= 11 is 0. The molecule has 4 aromatic rings. The van der Waals surface area contributed by atoms with E-state index in [0.717, 1.165) is 16.7 Å². The van der Waals surface area contributed by atoms with Crippen LogP contribution in [0.15, 0.2) is 64.1 Å². The Morgan fingerprint density at radius 1 is 1.19 bits per heavy atom. The highest BCUT2D eigenvalue weighted by atomic mass is 16.5. The lowest BCUT2D eigenvalue weighted by Crippen LogP contribution is -2.22. The van der Waals surface area contributed by atoms with Crippen molar-refractivity contribution >= 4 is 17.1 Å². The van der Waals surface area contributed by atoms with Crippen molar-refractivity contribution in [1.29, 1.82) is 5.26 Å². The second-order valence-corrected chi connectivity index (χ2v) is 6.97. The molecule has 7 heteroatoms. The molecule has 7 nitrogen and oxygen atoms in total. The largest absolute Gasteiger partial charge is 0.462 e. The summed E-state index contributed by atoms with van der Waals surface area (Å²) in [5.74, 6) is -0.299. The Bertz CT molecular complexity index is 1370. The van der Waals surface area contributed by atoms with Crippen molar-refractivity contribution in [1.82, 2.24) is 9.55 Å². The number of esters is 1. The molecule has 0 aliphatic heterocycles. The van der Waals surface area contributed by atoms with Crippen LogP contribution < -0.4 is 5.56 Å². The maximum Gasteiger partial charge on any atom is 0.342 e. The van der Waals surface area contributed by atoms with Crippen LogP contribution in [0.1, 0.15) is 34.2 Å². The number of aromatic nitrogens is 2. The summed E-state index contributed by atoms with van der Waals surface area (Å²) in [5, 5.41) is 9.43. The predicted molar refractivity (Wildman–Crippen MR) is 115 cm³/mol. The zero-order valence-electron chi connectivity index (χ0n) is 17.1. The summed E-state index contributed by atoms with van der Waals surface area (Å²) in [7, 11) is 0. The monoisotopic (exact) mass is 413 g/mol. The summed E-state index contributed by atoms with van der Waals surface area (Å²) < 4.78 is 12.0. The van der Waals surface area contributed by atoms with Gasteiger partial charge in [-0.1, -0.05) is 42.5 Å². The first-order valence-corrected chi connectivity index (χ1v) is 9.77. The Morgan fingerprint density at radius 2 is 1.94 bits per heavy atom. The van der Waals surface area contributed by atoms with E-state index in [1.54, 1.807) is 19.9 Å². The van der Waals surface area contributed by atoms with Gasteiger partial charge in [-0.2, -0.15) is 5.26 Å². The van der Waals surface area contributed by atoms with Gasteiger partial charge >= 0.3 is 5.97 Å². The number of fused-ring (bicyclic) bond motifs is 1. The quantitative estimate of drug-likeness (QED) is 0.458. The number of hydrogen-bond acceptors (Lipinski definition) is 6. The van der Waals surface area contributed by atoms with E-state index in [1.807, 2.05) is 42.5 Å². The van der Waals surface area contributed by atoms with E-state index in [1.165, 1.54) is 10.9 Å². The van der Waals surface area contributed by atoms with Gasteiger partial charge in [-0.15, -0.1) is 0 Å². The summed E-state index contributed by atoms with van der Waals surface area (Å²) in [5.41, 5.74) is 3.10. The third-order valence-corrected chi connectivity index (χ3v) is 5.00. The van der Waals surface area contributed by atoms with E-state index in [0.29, 0.717) is 11.3 Å². The number of aryl methyl sites for hydroxylation is 1. The van der Waals surface area contributed by atoms with Crippen molar-refractivity contribution in [2.24, 2.45) is 0 Å². The zero-order chi connectivity index (χ0) is 22.0. The number of furan rings is 1. The maximum atomic E-state index is 13.1. The van der Waals surface area contributed by atoms with Crippen LogP contribution >= 0.6 is 0 Å². The van der Waals surface area contributed by atoms with Gasteiger partial charge in [0.15, 0.2) is 0 Å². The molecule has 0 radical (unpaired) electrons. The number of carbonyl (C=O) groups excluding carboxylic acids is 1. The van der Waals surface area contributed by atoms with Crippen LogP contribution in [0.3, 0.4) is 0 Å². The first-order chi connectivity index (χ1) is 15.0. The highest BCUT2D eigenvalue weighted by molar-refractivity contribution is 6.03. The number of nitrogens with zero attached hydrogens (tertiary/aromatic N) is 3. The standard InChI is InChI=1S/C24H19N3O4/c1-3-30-24(29)20-15(2)31-22-21(20)23(28)27(14-26-22)13-16-8-10-17(11-9-16)19-7-5-4-6-18(19)12-25/h4-11,14H,3,13H2,1-2H3. The molecule has 0 aliphatic carbocycles. The highest BCUT2D eigenvalue weighted by Gasteiger charge is 2.23. The summed E-state index contributed by atoms with van der Waals surface area (Å²) in [6, 6.07) is 17.2. The van der Waals surface area contributed by atoms with Crippen LogP contribution in [0.5, 0.6) is 0 Å². The van der Waals surface area contributed by atoms with E-state index >= 15 is 0 Å². The second kappa shape index (κ2) is 8.28. The second-order valence-electron chi connectivity index (χ2n) is 6.97. The van der Waals surface area contributed by atoms with Crippen molar-refractivity contribution < 1.29 is 13.9 Å². The van der Waals surface area contributed by atoms with Crippen molar-refractivity contribution in [3.8, 4) is 17.2 Å². The molecule has 0 aliphatic rings. The molecule has 0 saturated carbocycles. The van der Waals surface area contributed by atoms with Gasteiger partial charge in [0.05, 0.1) is 24.8 Å². The first kappa shape index (κ1) is 20.1. The van der Waals surface area contributed by atoms with E-state index in [4.69, 9.17) is 9.15 Å². The highest BCUT2D eigenvalue weighted by Crippen LogP contribution is 2.24.